The zero-order valence-corrected chi connectivity index (χ0v) is 9.28. The summed E-state index contributed by atoms with van der Waals surface area (Å²) in [5.41, 5.74) is 0.692. The van der Waals surface area contributed by atoms with Crippen LogP contribution < -0.4 is 0 Å². The molecule has 3 nitrogen and oxygen atoms in total. The van der Waals surface area contributed by atoms with Crippen LogP contribution in [0.3, 0.4) is 0 Å². The molecule has 17 heavy (non-hydrogen) atoms. The first-order valence-electron chi connectivity index (χ1n) is 4.90. The Morgan fingerprint density at radius 3 is 2.88 bits per heavy atom. The third-order valence-electron chi connectivity index (χ3n) is 2.35. The van der Waals surface area contributed by atoms with Crippen LogP contribution in [0.25, 0.3) is 22.4 Å². The van der Waals surface area contributed by atoms with Crippen LogP contribution in [0.1, 0.15) is 0 Å². The van der Waals surface area contributed by atoms with E-state index in [-0.39, 0.29) is 10.7 Å². The highest BCUT2D eigenvalue weighted by atomic mass is 35.5. The molecule has 0 aliphatic carbocycles. The van der Waals surface area contributed by atoms with Gasteiger partial charge in [0, 0.05) is 5.39 Å². The molecule has 84 valence electrons. The second-order valence-electron chi connectivity index (χ2n) is 3.50. The van der Waals surface area contributed by atoms with Gasteiger partial charge in [0.15, 0.2) is 17.2 Å². The lowest BCUT2D eigenvalue weighted by molar-refractivity contribution is 0.567. The van der Waals surface area contributed by atoms with Crippen LogP contribution in [0.15, 0.2) is 41.1 Å². The zero-order chi connectivity index (χ0) is 11.8. The van der Waals surface area contributed by atoms with Gasteiger partial charge in [0.25, 0.3) is 0 Å². The molecule has 2 heterocycles. The molecule has 1 aromatic carbocycles. The van der Waals surface area contributed by atoms with Crippen molar-refractivity contribution in [1.82, 2.24) is 9.97 Å². The van der Waals surface area contributed by atoms with E-state index in [9.17, 15) is 4.39 Å². The molecular weight excluding hydrogens is 243 g/mol. The molecule has 0 bridgehead atoms. The van der Waals surface area contributed by atoms with Gasteiger partial charge >= 0.3 is 0 Å². The Labute approximate surface area is 101 Å². The van der Waals surface area contributed by atoms with Crippen LogP contribution >= 0.6 is 11.6 Å². The number of hydrogen-bond acceptors (Lipinski definition) is 3. The number of nitrogens with zero attached hydrogens (tertiary/aromatic N) is 2. The first kappa shape index (κ1) is 10.2. The largest absolute Gasteiger partial charge is 0.451 e. The summed E-state index contributed by atoms with van der Waals surface area (Å²) in [5, 5.41) is 0.949. The van der Waals surface area contributed by atoms with Gasteiger partial charge in [-0.2, -0.15) is 0 Å². The van der Waals surface area contributed by atoms with E-state index >= 15 is 0 Å². The quantitative estimate of drug-likeness (QED) is 0.659. The molecule has 0 N–H and O–H groups in total. The summed E-state index contributed by atoms with van der Waals surface area (Å²) in [6.07, 6.45) is 2.94. The standard InChI is InChI=1S/C12H6ClFN2O/c13-11-6-15-5-9(16-11)10-4-7-2-1-3-8(14)12(7)17-10/h1-6H. The predicted molar refractivity (Wildman–Crippen MR) is 62.2 cm³/mol. The zero-order valence-electron chi connectivity index (χ0n) is 8.52. The highest BCUT2D eigenvalue weighted by molar-refractivity contribution is 6.29. The van der Waals surface area contributed by atoms with Crippen LogP contribution in [-0.2, 0) is 0 Å². The van der Waals surface area contributed by atoms with Crippen molar-refractivity contribution in [3.8, 4) is 11.5 Å². The van der Waals surface area contributed by atoms with Gasteiger partial charge in [-0.15, -0.1) is 0 Å². The number of halogens is 2. The molecule has 0 fully saturated rings. The molecule has 0 radical (unpaired) electrons. The van der Waals surface area contributed by atoms with E-state index in [1.54, 1.807) is 18.2 Å². The minimum atomic E-state index is -0.399. The number of hydrogen-bond donors (Lipinski definition) is 0. The van der Waals surface area contributed by atoms with Gasteiger partial charge in [0.2, 0.25) is 0 Å². The van der Waals surface area contributed by atoms with Crippen molar-refractivity contribution in [3.05, 3.63) is 47.6 Å². The third kappa shape index (κ3) is 1.76. The summed E-state index contributed by atoms with van der Waals surface area (Å²) >= 11 is 5.74. The van der Waals surface area contributed by atoms with Crippen molar-refractivity contribution in [2.24, 2.45) is 0 Å². The Morgan fingerprint density at radius 2 is 2.12 bits per heavy atom. The van der Waals surface area contributed by atoms with E-state index < -0.39 is 5.82 Å². The van der Waals surface area contributed by atoms with E-state index in [0.29, 0.717) is 16.8 Å². The Morgan fingerprint density at radius 1 is 1.24 bits per heavy atom. The Balaban J connectivity index is 2.22. The number of furan rings is 1. The van der Waals surface area contributed by atoms with Crippen molar-refractivity contribution >= 4 is 22.6 Å². The molecule has 0 atom stereocenters. The van der Waals surface area contributed by atoms with Crippen molar-refractivity contribution in [2.45, 2.75) is 0 Å². The molecule has 0 unspecified atom stereocenters. The molecular formula is C12H6ClFN2O. The van der Waals surface area contributed by atoms with Crippen LogP contribution in [0.2, 0.25) is 5.15 Å². The average molecular weight is 249 g/mol. The summed E-state index contributed by atoms with van der Waals surface area (Å²) < 4.78 is 18.8. The van der Waals surface area contributed by atoms with Gasteiger partial charge in [-0.1, -0.05) is 23.7 Å². The maximum atomic E-state index is 13.4. The Kier molecular flexibility index (Phi) is 2.30. The maximum absolute atomic E-state index is 13.4. The fourth-order valence-corrected chi connectivity index (χ4v) is 1.76. The predicted octanol–water partition coefficient (Wildman–Crippen LogP) is 3.68. The van der Waals surface area contributed by atoms with Crippen molar-refractivity contribution in [3.63, 3.8) is 0 Å². The first-order valence-corrected chi connectivity index (χ1v) is 5.28. The van der Waals surface area contributed by atoms with E-state index in [1.165, 1.54) is 18.5 Å². The normalized spacial score (nSPS) is 10.9. The van der Waals surface area contributed by atoms with Crippen LogP contribution in [0.4, 0.5) is 4.39 Å². The van der Waals surface area contributed by atoms with Gasteiger partial charge in [0.05, 0.1) is 12.4 Å². The number of fused-ring (bicyclic) bond motifs is 1. The lowest BCUT2D eigenvalue weighted by atomic mass is 10.2. The van der Waals surface area contributed by atoms with Gasteiger partial charge in [0.1, 0.15) is 10.8 Å². The average Bonchev–Trinajstić information content (AvgIpc) is 2.74. The van der Waals surface area contributed by atoms with Gasteiger partial charge < -0.3 is 4.42 Å². The lowest BCUT2D eigenvalue weighted by Crippen LogP contribution is -1.83. The van der Waals surface area contributed by atoms with Crippen molar-refractivity contribution in [2.75, 3.05) is 0 Å². The number of rotatable bonds is 1. The van der Waals surface area contributed by atoms with Gasteiger partial charge in [-0.3, -0.25) is 4.98 Å². The first-order chi connectivity index (χ1) is 8.24. The van der Waals surface area contributed by atoms with Gasteiger partial charge in [-0.05, 0) is 12.1 Å². The number of para-hydroxylation sites is 1. The van der Waals surface area contributed by atoms with Crippen molar-refractivity contribution < 1.29 is 8.81 Å². The van der Waals surface area contributed by atoms with Crippen LogP contribution in [0, 0.1) is 5.82 Å². The fourth-order valence-electron chi connectivity index (χ4n) is 1.61. The minimum absolute atomic E-state index is 0.212. The third-order valence-corrected chi connectivity index (χ3v) is 2.54. The Bertz CT molecular complexity index is 696. The second kappa shape index (κ2) is 3.82. The molecule has 0 aliphatic rings. The van der Waals surface area contributed by atoms with Gasteiger partial charge in [-0.25, -0.2) is 9.37 Å². The minimum Gasteiger partial charge on any atom is -0.451 e. The molecule has 0 spiro atoms. The van der Waals surface area contributed by atoms with E-state index in [0.717, 1.165) is 0 Å². The molecule has 0 saturated carbocycles. The molecule has 3 aromatic rings. The van der Waals surface area contributed by atoms with E-state index in [1.807, 2.05) is 0 Å². The van der Waals surface area contributed by atoms with E-state index in [2.05, 4.69) is 9.97 Å². The highest BCUT2D eigenvalue weighted by Gasteiger charge is 2.10. The molecule has 5 heteroatoms. The highest BCUT2D eigenvalue weighted by Crippen LogP contribution is 2.28. The molecule has 0 amide bonds. The summed E-state index contributed by atoms with van der Waals surface area (Å²) in [7, 11) is 0. The summed E-state index contributed by atoms with van der Waals surface area (Å²) in [6.45, 7) is 0. The molecule has 0 saturated heterocycles. The molecule has 3 rings (SSSR count). The monoisotopic (exact) mass is 248 g/mol. The second-order valence-corrected chi connectivity index (χ2v) is 3.88. The summed E-state index contributed by atoms with van der Waals surface area (Å²) in [4.78, 5) is 7.96. The molecule has 0 aliphatic heterocycles. The summed E-state index contributed by atoms with van der Waals surface area (Å²) in [6, 6.07) is 6.45. The fraction of sp³-hybridized carbons (Fsp3) is 0. The maximum Gasteiger partial charge on any atom is 0.170 e. The van der Waals surface area contributed by atoms with Crippen LogP contribution in [-0.4, -0.2) is 9.97 Å². The lowest BCUT2D eigenvalue weighted by Gasteiger charge is -1.94. The topological polar surface area (TPSA) is 38.9 Å². The Hall–Kier alpha value is -1.94. The molecule has 2 aromatic heterocycles. The van der Waals surface area contributed by atoms with Crippen molar-refractivity contribution in [1.29, 1.82) is 0 Å². The SMILES string of the molecule is Fc1cccc2cc(-c3cncc(Cl)n3)oc12. The van der Waals surface area contributed by atoms with Crippen LogP contribution in [0.5, 0.6) is 0 Å². The number of aromatic nitrogens is 2. The summed E-state index contributed by atoms with van der Waals surface area (Å²) in [5.74, 6) is 0.0452. The number of benzene rings is 1. The smallest absolute Gasteiger partial charge is 0.170 e. The van der Waals surface area contributed by atoms with E-state index in [4.69, 9.17) is 16.0 Å².